The Balaban J connectivity index is 1.55. The number of amides is 1. The summed E-state index contributed by atoms with van der Waals surface area (Å²) in [6.45, 7) is 0.320. The van der Waals surface area contributed by atoms with Gasteiger partial charge in [-0.05, 0) is 48.2 Å². The zero-order valence-electron chi connectivity index (χ0n) is 20.6. The predicted molar refractivity (Wildman–Crippen MR) is 137 cm³/mol. The van der Waals surface area contributed by atoms with Gasteiger partial charge in [0.1, 0.15) is 5.75 Å². The molecular formula is C29H29NO7. The van der Waals surface area contributed by atoms with Crippen LogP contribution in [0, 0.1) is 0 Å². The van der Waals surface area contributed by atoms with E-state index in [0.717, 1.165) is 30.4 Å². The van der Waals surface area contributed by atoms with Crippen molar-refractivity contribution in [2.24, 2.45) is 0 Å². The summed E-state index contributed by atoms with van der Waals surface area (Å²) in [5, 5.41) is 9.47. The fourth-order valence-corrected chi connectivity index (χ4v) is 4.29. The molecule has 37 heavy (non-hydrogen) atoms. The first-order chi connectivity index (χ1) is 18.0. The molecule has 1 aliphatic heterocycles. The molecule has 4 rings (SSSR count). The number of nitrogens with zero attached hydrogens (tertiary/aromatic N) is 1. The molecule has 3 aromatic carbocycles. The minimum Gasteiger partial charge on any atom is -0.467 e. The predicted octanol–water partition coefficient (Wildman–Crippen LogP) is 5.60. The van der Waals surface area contributed by atoms with Crippen molar-refractivity contribution in [1.29, 1.82) is 0 Å². The van der Waals surface area contributed by atoms with Crippen LogP contribution in [0.5, 0.6) is 5.75 Å². The van der Waals surface area contributed by atoms with Crippen molar-refractivity contribution < 1.29 is 33.7 Å². The average molecular weight is 504 g/mol. The van der Waals surface area contributed by atoms with Crippen molar-refractivity contribution >= 4 is 17.8 Å². The number of hydrogen-bond acceptors (Lipinski definition) is 6. The van der Waals surface area contributed by atoms with E-state index in [2.05, 4.69) is 0 Å². The normalized spacial score (nSPS) is 15.5. The number of ether oxygens (including phenoxy) is 3. The van der Waals surface area contributed by atoms with Crippen LogP contribution in [0.15, 0.2) is 72.8 Å². The highest BCUT2D eigenvalue weighted by atomic mass is 16.7. The van der Waals surface area contributed by atoms with Gasteiger partial charge in [0.2, 0.25) is 0 Å². The van der Waals surface area contributed by atoms with E-state index in [9.17, 15) is 19.5 Å². The average Bonchev–Trinajstić information content (AvgIpc) is 3.17. The van der Waals surface area contributed by atoms with Crippen LogP contribution in [0.25, 0.3) is 11.1 Å². The minimum absolute atomic E-state index is 0.00965. The van der Waals surface area contributed by atoms with Crippen molar-refractivity contribution in [3.63, 3.8) is 0 Å². The first kappa shape index (κ1) is 25.9. The molecule has 0 saturated carbocycles. The number of esters is 1. The van der Waals surface area contributed by atoms with Crippen LogP contribution in [-0.2, 0) is 9.47 Å². The number of ketones is 1. The third-order valence-electron chi connectivity index (χ3n) is 6.23. The van der Waals surface area contributed by atoms with Gasteiger partial charge in [-0.1, -0.05) is 55.0 Å². The number of carbonyl (C=O) groups is 3. The third-order valence-corrected chi connectivity index (χ3v) is 6.23. The maximum atomic E-state index is 13.5. The van der Waals surface area contributed by atoms with E-state index >= 15 is 0 Å². The van der Waals surface area contributed by atoms with Crippen molar-refractivity contribution in [1.82, 2.24) is 4.90 Å². The Hall–Kier alpha value is -4.17. The summed E-state index contributed by atoms with van der Waals surface area (Å²) in [6, 6.07) is 21.2. The Morgan fingerprint density at radius 1 is 0.892 bits per heavy atom. The van der Waals surface area contributed by atoms with E-state index in [1.54, 1.807) is 24.3 Å². The first-order valence-electron chi connectivity index (χ1n) is 12.1. The van der Waals surface area contributed by atoms with Crippen molar-refractivity contribution in [2.45, 2.75) is 31.9 Å². The Morgan fingerprint density at radius 3 is 2.32 bits per heavy atom. The maximum Gasteiger partial charge on any atom is 0.410 e. The molecule has 1 heterocycles. The Morgan fingerprint density at radius 2 is 1.62 bits per heavy atom. The molecule has 0 aromatic heterocycles. The van der Waals surface area contributed by atoms with Crippen LogP contribution < -0.4 is 4.74 Å². The Kier molecular flexibility index (Phi) is 8.53. The fourth-order valence-electron chi connectivity index (χ4n) is 4.29. The zero-order chi connectivity index (χ0) is 26.2. The highest BCUT2D eigenvalue weighted by molar-refractivity contribution is 6.11. The molecule has 0 aliphatic carbocycles. The second kappa shape index (κ2) is 12.2. The first-order valence-corrected chi connectivity index (χ1v) is 12.1. The van der Waals surface area contributed by atoms with Gasteiger partial charge in [-0.2, -0.15) is 0 Å². The number of carbonyl (C=O) groups excluding carboxylic acids is 2. The van der Waals surface area contributed by atoms with Gasteiger partial charge in [-0.3, -0.25) is 9.69 Å². The van der Waals surface area contributed by atoms with Crippen molar-refractivity contribution in [2.75, 3.05) is 20.4 Å². The van der Waals surface area contributed by atoms with E-state index in [4.69, 9.17) is 14.2 Å². The second-order valence-electron chi connectivity index (χ2n) is 8.72. The highest BCUT2D eigenvalue weighted by Gasteiger charge is 2.28. The summed E-state index contributed by atoms with van der Waals surface area (Å²) >= 11 is 0. The smallest absolute Gasteiger partial charge is 0.410 e. The van der Waals surface area contributed by atoms with Gasteiger partial charge in [-0.15, -0.1) is 0 Å². The van der Waals surface area contributed by atoms with E-state index in [1.165, 1.54) is 24.1 Å². The number of hydrogen-bond donors (Lipinski definition) is 1. The largest absolute Gasteiger partial charge is 0.467 e. The molecule has 1 atom stereocenters. The number of carboxylic acid groups (broad SMARTS) is 1. The quantitative estimate of drug-likeness (QED) is 0.242. The van der Waals surface area contributed by atoms with Gasteiger partial charge in [0.15, 0.2) is 18.8 Å². The summed E-state index contributed by atoms with van der Waals surface area (Å²) in [5.41, 5.74) is 2.79. The van der Waals surface area contributed by atoms with Gasteiger partial charge in [-0.25, -0.2) is 9.59 Å². The van der Waals surface area contributed by atoms with E-state index < -0.39 is 18.3 Å². The summed E-state index contributed by atoms with van der Waals surface area (Å²) in [7, 11) is 1.50. The number of likely N-dealkylation sites (tertiary alicyclic amines) is 1. The summed E-state index contributed by atoms with van der Waals surface area (Å²) in [4.78, 5) is 39.0. The standard InChI is InChI=1S/C29H29NO7/c1-35-19-36-25-16-15-23(20-8-4-2-5-9-20)18-24(25)27(31)21-11-13-22(14-12-21)28(32)37-26-10-6-3-7-17-30(26)29(33)34/h2,4-5,8-9,11-16,18,26H,3,6-7,10,17,19H2,1H3,(H,33,34). The SMILES string of the molecule is COCOc1ccc(-c2ccccc2)cc1C(=O)c1ccc(C(=O)OC2CCCCCN2C(=O)O)cc1. The molecule has 8 nitrogen and oxygen atoms in total. The van der Waals surface area contributed by atoms with Crippen LogP contribution >= 0.6 is 0 Å². The van der Waals surface area contributed by atoms with Gasteiger partial charge in [0.05, 0.1) is 11.1 Å². The van der Waals surface area contributed by atoms with E-state index in [-0.39, 0.29) is 18.1 Å². The minimum atomic E-state index is -1.11. The zero-order valence-corrected chi connectivity index (χ0v) is 20.6. The number of benzene rings is 3. The van der Waals surface area contributed by atoms with Crippen LogP contribution in [0.4, 0.5) is 4.79 Å². The number of rotatable bonds is 8. The lowest BCUT2D eigenvalue weighted by Crippen LogP contribution is -2.41. The lowest BCUT2D eigenvalue weighted by molar-refractivity contribution is -0.0243. The van der Waals surface area contributed by atoms with Crippen molar-refractivity contribution in [3.05, 3.63) is 89.5 Å². The number of methoxy groups -OCH3 is 1. The molecule has 0 spiro atoms. The molecule has 1 aliphatic rings. The van der Waals surface area contributed by atoms with E-state index in [1.807, 2.05) is 36.4 Å². The van der Waals surface area contributed by atoms with Crippen LogP contribution in [-0.4, -0.2) is 54.5 Å². The third kappa shape index (κ3) is 6.34. The Bertz CT molecular complexity index is 1240. The lowest BCUT2D eigenvalue weighted by Gasteiger charge is -2.26. The van der Waals surface area contributed by atoms with E-state index in [0.29, 0.717) is 29.8 Å². The molecule has 8 heteroatoms. The van der Waals surface area contributed by atoms with Gasteiger partial charge in [0, 0.05) is 25.6 Å². The molecule has 0 radical (unpaired) electrons. The van der Waals surface area contributed by atoms with Crippen LogP contribution in [0.2, 0.25) is 0 Å². The molecule has 1 saturated heterocycles. The molecule has 3 aromatic rings. The topological polar surface area (TPSA) is 102 Å². The molecule has 1 fully saturated rings. The Labute approximate surface area is 215 Å². The van der Waals surface area contributed by atoms with Crippen molar-refractivity contribution in [3.8, 4) is 16.9 Å². The van der Waals surface area contributed by atoms with Gasteiger partial charge < -0.3 is 19.3 Å². The lowest BCUT2D eigenvalue weighted by atomic mass is 9.97. The molecule has 1 amide bonds. The fraction of sp³-hybridized carbons (Fsp3) is 0.276. The molecular weight excluding hydrogens is 474 g/mol. The molecule has 192 valence electrons. The van der Waals surface area contributed by atoms with Crippen LogP contribution in [0.3, 0.4) is 0 Å². The summed E-state index contributed by atoms with van der Waals surface area (Å²) in [6.07, 6.45) is 0.927. The van der Waals surface area contributed by atoms with Gasteiger partial charge in [0.25, 0.3) is 0 Å². The molecule has 0 bridgehead atoms. The highest BCUT2D eigenvalue weighted by Crippen LogP contribution is 2.29. The molecule has 1 unspecified atom stereocenters. The summed E-state index contributed by atoms with van der Waals surface area (Å²) in [5.74, 6) is -0.519. The molecule has 1 N–H and O–H groups in total. The van der Waals surface area contributed by atoms with Gasteiger partial charge >= 0.3 is 12.1 Å². The maximum absolute atomic E-state index is 13.5. The van der Waals surface area contributed by atoms with Crippen LogP contribution in [0.1, 0.15) is 52.0 Å². The monoisotopic (exact) mass is 503 g/mol. The second-order valence-corrected chi connectivity index (χ2v) is 8.72. The summed E-state index contributed by atoms with van der Waals surface area (Å²) < 4.78 is 16.2.